The van der Waals surface area contributed by atoms with E-state index < -0.39 is 6.04 Å². The average Bonchev–Trinajstić information content (AvgIpc) is 2.59. The van der Waals surface area contributed by atoms with Crippen LogP contribution in [0.25, 0.3) is 0 Å². The molecule has 1 aromatic heterocycles. The van der Waals surface area contributed by atoms with Crippen LogP contribution in [0.3, 0.4) is 0 Å². The van der Waals surface area contributed by atoms with Gasteiger partial charge in [0.15, 0.2) is 0 Å². The Morgan fingerprint density at radius 2 is 2.25 bits per heavy atom. The van der Waals surface area contributed by atoms with E-state index >= 15 is 0 Å². The van der Waals surface area contributed by atoms with Crippen LogP contribution < -0.4 is 5.73 Å². The van der Waals surface area contributed by atoms with Crippen LogP contribution in [0.15, 0.2) is 12.1 Å². The third-order valence-corrected chi connectivity index (χ3v) is 3.27. The van der Waals surface area contributed by atoms with Crippen molar-refractivity contribution >= 4 is 41.3 Å². The first-order valence-corrected chi connectivity index (χ1v) is 6.02. The minimum Gasteiger partial charge on any atom is -0.336 e. The predicted octanol–water partition coefficient (Wildman–Crippen LogP) is 2.52. The lowest BCUT2D eigenvalue weighted by Gasteiger charge is -2.21. The van der Waals surface area contributed by atoms with Crippen LogP contribution in [0.1, 0.15) is 18.7 Å². The Morgan fingerprint density at radius 1 is 1.62 bits per heavy atom. The average molecular weight is 283 g/mol. The summed E-state index contributed by atoms with van der Waals surface area (Å²) in [5, 5.41) is 0. The number of hydrogen-bond donors (Lipinski definition) is 1. The molecule has 0 aliphatic heterocycles. The fraction of sp³-hybridized carbons (Fsp3) is 0.500. The van der Waals surface area contributed by atoms with Crippen LogP contribution in [0.5, 0.6) is 0 Å². The van der Waals surface area contributed by atoms with E-state index in [-0.39, 0.29) is 18.3 Å². The first-order chi connectivity index (χ1) is 7.04. The molecular formula is C10H16Cl2N2OS. The quantitative estimate of drug-likeness (QED) is 0.923. The lowest BCUT2D eigenvalue weighted by Crippen LogP contribution is -2.41. The molecule has 0 aliphatic carbocycles. The van der Waals surface area contributed by atoms with Crippen molar-refractivity contribution in [3.8, 4) is 0 Å². The monoisotopic (exact) mass is 282 g/mol. The molecule has 2 N–H and O–H groups in total. The van der Waals surface area contributed by atoms with Gasteiger partial charge in [0.25, 0.3) is 0 Å². The molecule has 6 heteroatoms. The summed E-state index contributed by atoms with van der Waals surface area (Å²) in [5.74, 6) is -0.0259. The summed E-state index contributed by atoms with van der Waals surface area (Å²) in [7, 11) is 0. The number of likely N-dealkylation sites (N-methyl/N-ethyl adjacent to an activating group) is 1. The minimum absolute atomic E-state index is 0. The highest BCUT2D eigenvalue weighted by Gasteiger charge is 2.16. The van der Waals surface area contributed by atoms with Crippen molar-refractivity contribution in [2.75, 3.05) is 6.54 Å². The van der Waals surface area contributed by atoms with Crippen molar-refractivity contribution < 1.29 is 4.79 Å². The highest BCUT2D eigenvalue weighted by Crippen LogP contribution is 2.22. The van der Waals surface area contributed by atoms with Crippen LogP contribution in [-0.4, -0.2) is 23.4 Å². The van der Waals surface area contributed by atoms with Gasteiger partial charge in [-0.05, 0) is 26.0 Å². The molecule has 0 spiro atoms. The third kappa shape index (κ3) is 4.29. The molecule has 1 aromatic rings. The molecule has 3 nitrogen and oxygen atoms in total. The Balaban J connectivity index is 0.00000225. The molecule has 1 atom stereocenters. The Bertz CT molecular complexity index is 341. The Morgan fingerprint density at radius 3 is 2.62 bits per heavy atom. The van der Waals surface area contributed by atoms with Gasteiger partial charge < -0.3 is 10.6 Å². The number of amides is 1. The second-order valence-electron chi connectivity index (χ2n) is 3.35. The zero-order chi connectivity index (χ0) is 11.4. The van der Waals surface area contributed by atoms with Gasteiger partial charge in [0, 0.05) is 11.4 Å². The summed E-state index contributed by atoms with van der Waals surface area (Å²) >= 11 is 7.31. The molecule has 1 rings (SSSR count). The summed E-state index contributed by atoms with van der Waals surface area (Å²) in [6.45, 7) is 4.89. The van der Waals surface area contributed by atoms with Crippen molar-refractivity contribution in [1.29, 1.82) is 0 Å². The second-order valence-corrected chi connectivity index (χ2v) is 5.15. The molecule has 0 aliphatic rings. The van der Waals surface area contributed by atoms with Gasteiger partial charge in [-0.2, -0.15) is 0 Å². The van der Waals surface area contributed by atoms with E-state index in [9.17, 15) is 4.79 Å². The van der Waals surface area contributed by atoms with E-state index in [2.05, 4.69) is 0 Å². The molecule has 0 saturated heterocycles. The highest BCUT2D eigenvalue weighted by molar-refractivity contribution is 7.16. The maximum Gasteiger partial charge on any atom is 0.239 e. The number of thiophene rings is 1. The molecule has 0 bridgehead atoms. The van der Waals surface area contributed by atoms with Crippen molar-refractivity contribution in [1.82, 2.24) is 4.90 Å². The maximum atomic E-state index is 11.7. The van der Waals surface area contributed by atoms with E-state index in [0.29, 0.717) is 13.1 Å². The van der Waals surface area contributed by atoms with Gasteiger partial charge in [-0.1, -0.05) is 11.6 Å². The lowest BCUT2D eigenvalue weighted by atomic mass is 10.3. The van der Waals surface area contributed by atoms with Crippen molar-refractivity contribution in [3.05, 3.63) is 21.3 Å². The number of rotatable bonds is 4. The molecule has 0 fully saturated rings. The number of hydrogen-bond acceptors (Lipinski definition) is 3. The fourth-order valence-electron chi connectivity index (χ4n) is 1.26. The predicted molar refractivity (Wildman–Crippen MR) is 71.3 cm³/mol. The normalized spacial score (nSPS) is 11.8. The van der Waals surface area contributed by atoms with Gasteiger partial charge in [0.05, 0.1) is 16.9 Å². The molecule has 1 heterocycles. The molecule has 92 valence electrons. The van der Waals surface area contributed by atoms with Crippen LogP contribution in [0, 0.1) is 0 Å². The number of nitrogens with two attached hydrogens (primary N) is 1. The van der Waals surface area contributed by atoms with Crippen molar-refractivity contribution in [2.45, 2.75) is 26.4 Å². The van der Waals surface area contributed by atoms with Crippen LogP contribution >= 0.6 is 35.3 Å². The molecule has 0 radical (unpaired) electrons. The standard InChI is InChI=1S/C10H15ClN2OS.ClH/c1-3-13(10(14)7(2)12)6-8-4-5-9(11)15-8;/h4-5,7H,3,6,12H2,1-2H3;1H/t7-;/m1./s1. The van der Waals surface area contributed by atoms with Gasteiger partial charge >= 0.3 is 0 Å². The van der Waals surface area contributed by atoms with E-state index in [1.807, 2.05) is 19.1 Å². The largest absolute Gasteiger partial charge is 0.336 e. The lowest BCUT2D eigenvalue weighted by molar-refractivity contribution is -0.132. The molecule has 0 unspecified atom stereocenters. The zero-order valence-corrected chi connectivity index (χ0v) is 11.7. The number of halogens is 2. The van der Waals surface area contributed by atoms with Gasteiger partial charge in [0.2, 0.25) is 5.91 Å². The van der Waals surface area contributed by atoms with E-state index in [0.717, 1.165) is 9.21 Å². The molecule has 0 saturated carbocycles. The number of nitrogens with zero attached hydrogens (tertiary/aromatic N) is 1. The van der Waals surface area contributed by atoms with Crippen LogP contribution in [0.2, 0.25) is 4.34 Å². The zero-order valence-electron chi connectivity index (χ0n) is 9.27. The van der Waals surface area contributed by atoms with Gasteiger partial charge in [-0.15, -0.1) is 23.7 Å². The van der Waals surface area contributed by atoms with Gasteiger partial charge in [-0.3, -0.25) is 4.79 Å². The Hall–Kier alpha value is -0.290. The summed E-state index contributed by atoms with van der Waals surface area (Å²) in [6.07, 6.45) is 0. The maximum absolute atomic E-state index is 11.7. The van der Waals surface area contributed by atoms with Gasteiger partial charge in [-0.25, -0.2) is 0 Å². The van der Waals surface area contributed by atoms with Crippen LogP contribution in [-0.2, 0) is 11.3 Å². The summed E-state index contributed by atoms with van der Waals surface area (Å²) in [6, 6.07) is 3.33. The number of carbonyl (C=O) groups excluding carboxylic acids is 1. The Labute approximate surface area is 111 Å². The first-order valence-electron chi connectivity index (χ1n) is 4.83. The molecular weight excluding hydrogens is 267 g/mol. The summed E-state index contributed by atoms with van der Waals surface area (Å²) in [5.41, 5.74) is 5.56. The van der Waals surface area contributed by atoms with E-state index in [1.165, 1.54) is 11.3 Å². The number of carbonyl (C=O) groups is 1. The summed E-state index contributed by atoms with van der Waals surface area (Å²) < 4.78 is 0.745. The second kappa shape index (κ2) is 7.12. The first kappa shape index (κ1) is 15.7. The Kier molecular flexibility index (Phi) is 6.99. The van der Waals surface area contributed by atoms with E-state index in [4.69, 9.17) is 17.3 Å². The summed E-state index contributed by atoms with van der Waals surface area (Å²) in [4.78, 5) is 14.5. The van der Waals surface area contributed by atoms with Crippen LogP contribution in [0.4, 0.5) is 0 Å². The fourth-order valence-corrected chi connectivity index (χ4v) is 2.36. The molecule has 16 heavy (non-hydrogen) atoms. The molecule has 0 aromatic carbocycles. The SMILES string of the molecule is CCN(Cc1ccc(Cl)s1)C(=O)[C@@H](C)N.Cl. The smallest absolute Gasteiger partial charge is 0.239 e. The van der Waals surface area contributed by atoms with Crippen molar-refractivity contribution in [3.63, 3.8) is 0 Å². The topological polar surface area (TPSA) is 46.3 Å². The van der Waals surface area contributed by atoms with E-state index in [1.54, 1.807) is 11.8 Å². The minimum atomic E-state index is -0.444. The highest BCUT2D eigenvalue weighted by atomic mass is 35.5. The molecule has 1 amide bonds. The van der Waals surface area contributed by atoms with Crippen molar-refractivity contribution in [2.24, 2.45) is 5.73 Å². The third-order valence-electron chi connectivity index (χ3n) is 2.06. The van der Waals surface area contributed by atoms with Gasteiger partial charge in [0.1, 0.15) is 0 Å².